The molecule has 2 rings (SSSR count). The number of nitrogens with one attached hydrogen (secondary N) is 1. The molecule has 2 nitrogen and oxygen atoms in total. The average molecular weight is 294 g/mol. The van der Waals surface area contributed by atoms with E-state index < -0.39 is 0 Å². The Morgan fingerprint density at radius 2 is 1.94 bits per heavy atom. The number of hydrogen-bond donors (Lipinski definition) is 1. The van der Waals surface area contributed by atoms with E-state index in [0.29, 0.717) is 0 Å². The van der Waals surface area contributed by atoms with Crippen molar-refractivity contribution in [3.05, 3.63) is 46.1 Å². The van der Waals surface area contributed by atoms with Crippen LogP contribution in [0.4, 0.5) is 0 Å². The first-order valence-electron chi connectivity index (χ1n) is 6.00. The first kappa shape index (κ1) is 12.4. The van der Waals surface area contributed by atoms with E-state index in [-0.39, 0.29) is 5.78 Å². The first-order valence-corrected chi connectivity index (χ1v) is 6.79. The Kier molecular flexibility index (Phi) is 4.37. The number of hydrogen-bond acceptors (Lipinski definition) is 2. The van der Waals surface area contributed by atoms with Crippen molar-refractivity contribution < 1.29 is 4.79 Å². The summed E-state index contributed by atoms with van der Waals surface area (Å²) in [5.41, 5.74) is 1.82. The predicted octanol–water partition coefficient (Wildman–Crippen LogP) is 3.68. The van der Waals surface area contributed by atoms with Crippen LogP contribution in [0.1, 0.15) is 36.0 Å². The maximum Gasteiger partial charge on any atom is 0.187 e. The van der Waals surface area contributed by atoms with Crippen LogP contribution >= 0.6 is 15.9 Å². The first-order chi connectivity index (χ1) is 8.25. The van der Waals surface area contributed by atoms with Crippen LogP contribution in [0.25, 0.3) is 0 Å². The van der Waals surface area contributed by atoms with Crippen LogP contribution in [-0.2, 0) is 0 Å². The third kappa shape index (κ3) is 3.70. The molecule has 0 atom stereocenters. The minimum Gasteiger partial charge on any atom is -0.388 e. The maximum absolute atomic E-state index is 12.0. The van der Waals surface area contributed by atoms with Crippen molar-refractivity contribution in [1.29, 1.82) is 0 Å². The Labute approximate surface area is 110 Å². The molecule has 1 aromatic rings. The van der Waals surface area contributed by atoms with Gasteiger partial charge in [-0.2, -0.15) is 0 Å². The summed E-state index contributed by atoms with van der Waals surface area (Å²) in [7, 11) is 0. The summed E-state index contributed by atoms with van der Waals surface area (Å²) in [4.78, 5) is 12.0. The number of ketones is 1. The lowest BCUT2D eigenvalue weighted by Gasteiger charge is -2.05. The van der Waals surface area contributed by atoms with Crippen LogP contribution in [0.3, 0.4) is 0 Å². The average Bonchev–Trinajstić information content (AvgIpc) is 2.58. The fourth-order valence-electron chi connectivity index (χ4n) is 1.93. The SMILES string of the molecule is O=C(/C=C1/CCCCCN1)c1ccc(Br)cc1. The Bertz CT molecular complexity index is 412. The second-order valence-electron chi connectivity index (χ2n) is 4.28. The number of halogens is 1. The quantitative estimate of drug-likeness (QED) is 0.666. The molecule has 0 saturated carbocycles. The standard InChI is InChI=1S/C14H16BrNO/c15-12-7-5-11(6-8-12)14(17)10-13-4-2-1-3-9-16-13/h5-8,10,16H,1-4,9H2/b13-10-. The summed E-state index contributed by atoms with van der Waals surface area (Å²) in [6.07, 6.45) is 6.35. The Hall–Kier alpha value is -1.09. The van der Waals surface area contributed by atoms with Gasteiger partial charge in [-0.1, -0.05) is 22.4 Å². The van der Waals surface area contributed by atoms with E-state index in [1.165, 1.54) is 19.3 Å². The highest BCUT2D eigenvalue weighted by molar-refractivity contribution is 9.10. The molecule has 0 aliphatic carbocycles. The molecule has 1 N–H and O–H groups in total. The van der Waals surface area contributed by atoms with Gasteiger partial charge >= 0.3 is 0 Å². The molecule has 1 heterocycles. The number of carbonyl (C=O) groups excluding carboxylic acids is 1. The lowest BCUT2D eigenvalue weighted by molar-refractivity contribution is 0.104. The highest BCUT2D eigenvalue weighted by atomic mass is 79.9. The molecule has 0 amide bonds. The van der Waals surface area contributed by atoms with Crippen molar-refractivity contribution in [2.45, 2.75) is 25.7 Å². The lowest BCUT2D eigenvalue weighted by atomic mass is 10.1. The van der Waals surface area contributed by atoms with Crippen LogP contribution in [0.5, 0.6) is 0 Å². The topological polar surface area (TPSA) is 29.1 Å². The predicted molar refractivity (Wildman–Crippen MR) is 73.0 cm³/mol. The van der Waals surface area contributed by atoms with Crippen LogP contribution in [0, 0.1) is 0 Å². The van der Waals surface area contributed by atoms with E-state index in [0.717, 1.165) is 28.7 Å². The third-order valence-corrected chi connectivity index (χ3v) is 3.44. The second kappa shape index (κ2) is 6.01. The molecule has 1 aliphatic heterocycles. The fourth-order valence-corrected chi connectivity index (χ4v) is 2.20. The number of benzene rings is 1. The molecule has 0 unspecified atom stereocenters. The maximum atomic E-state index is 12.0. The van der Waals surface area contributed by atoms with E-state index in [4.69, 9.17) is 0 Å². The van der Waals surface area contributed by atoms with Gasteiger partial charge in [-0.15, -0.1) is 0 Å². The number of allylic oxidation sites excluding steroid dienone is 2. The fraction of sp³-hybridized carbons (Fsp3) is 0.357. The van der Waals surface area contributed by atoms with E-state index in [1.54, 1.807) is 6.08 Å². The van der Waals surface area contributed by atoms with E-state index in [2.05, 4.69) is 21.2 Å². The molecule has 0 bridgehead atoms. The minimum absolute atomic E-state index is 0.0851. The highest BCUT2D eigenvalue weighted by Gasteiger charge is 2.07. The van der Waals surface area contributed by atoms with Gasteiger partial charge in [0.25, 0.3) is 0 Å². The van der Waals surface area contributed by atoms with Crippen LogP contribution in [0.2, 0.25) is 0 Å². The Balaban J connectivity index is 2.09. The monoisotopic (exact) mass is 293 g/mol. The summed E-state index contributed by atoms with van der Waals surface area (Å²) in [5, 5.41) is 3.32. The molecule has 1 aliphatic rings. The molecular weight excluding hydrogens is 278 g/mol. The van der Waals surface area contributed by atoms with Crippen molar-refractivity contribution >= 4 is 21.7 Å². The number of carbonyl (C=O) groups is 1. The van der Waals surface area contributed by atoms with Crippen molar-refractivity contribution in [3.63, 3.8) is 0 Å². The Morgan fingerprint density at radius 1 is 1.18 bits per heavy atom. The van der Waals surface area contributed by atoms with Crippen molar-refractivity contribution in [3.8, 4) is 0 Å². The van der Waals surface area contributed by atoms with E-state index in [9.17, 15) is 4.79 Å². The summed E-state index contributed by atoms with van der Waals surface area (Å²) < 4.78 is 0.995. The molecule has 17 heavy (non-hydrogen) atoms. The number of rotatable bonds is 2. The molecule has 0 spiro atoms. The zero-order valence-corrected chi connectivity index (χ0v) is 11.3. The van der Waals surface area contributed by atoms with Crippen molar-refractivity contribution in [2.24, 2.45) is 0 Å². The van der Waals surface area contributed by atoms with Gasteiger partial charge in [0.1, 0.15) is 0 Å². The molecule has 0 radical (unpaired) electrons. The molecule has 1 aromatic carbocycles. The molecule has 3 heteroatoms. The molecule has 0 aromatic heterocycles. The zero-order valence-electron chi connectivity index (χ0n) is 9.71. The summed E-state index contributed by atoms with van der Waals surface area (Å²) in [6, 6.07) is 7.48. The minimum atomic E-state index is 0.0851. The lowest BCUT2D eigenvalue weighted by Crippen LogP contribution is -2.13. The smallest absolute Gasteiger partial charge is 0.187 e. The molecule has 1 fully saturated rings. The largest absolute Gasteiger partial charge is 0.388 e. The van der Waals surface area contributed by atoms with Gasteiger partial charge in [0.05, 0.1) is 0 Å². The van der Waals surface area contributed by atoms with Crippen LogP contribution in [0.15, 0.2) is 40.5 Å². The van der Waals surface area contributed by atoms with Gasteiger partial charge < -0.3 is 5.32 Å². The van der Waals surface area contributed by atoms with E-state index in [1.807, 2.05) is 24.3 Å². The van der Waals surface area contributed by atoms with Crippen LogP contribution < -0.4 is 5.32 Å². The summed E-state index contributed by atoms with van der Waals surface area (Å²) in [6.45, 7) is 0.986. The highest BCUT2D eigenvalue weighted by Crippen LogP contribution is 2.14. The third-order valence-electron chi connectivity index (χ3n) is 2.91. The zero-order chi connectivity index (χ0) is 12.1. The van der Waals surface area contributed by atoms with Crippen molar-refractivity contribution in [1.82, 2.24) is 5.32 Å². The Morgan fingerprint density at radius 3 is 2.71 bits per heavy atom. The van der Waals surface area contributed by atoms with Crippen LogP contribution in [-0.4, -0.2) is 12.3 Å². The van der Waals surface area contributed by atoms with Gasteiger partial charge in [0.2, 0.25) is 0 Å². The molecular formula is C14H16BrNO. The van der Waals surface area contributed by atoms with E-state index >= 15 is 0 Å². The summed E-state index contributed by atoms with van der Waals surface area (Å²) >= 11 is 3.36. The normalized spacial score (nSPS) is 18.5. The van der Waals surface area contributed by atoms with Gasteiger partial charge in [-0.3, -0.25) is 4.79 Å². The second-order valence-corrected chi connectivity index (χ2v) is 5.19. The van der Waals surface area contributed by atoms with Crippen molar-refractivity contribution in [2.75, 3.05) is 6.54 Å². The molecule has 90 valence electrons. The van der Waals surface area contributed by atoms with Gasteiger partial charge in [-0.05, 0) is 43.5 Å². The summed E-state index contributed by atoms with van der Waals surface area (Å²) in [5.74, 6) is 0.0851. The van der Waals surface area contributed by atoms with Gasteiger partial charge in [0.15, 0.2) is 5.78 Å². The van der Waals surface area contributed by atoms with Gasteiger partial charge in [-0.25, -0.2) is 0 Å². The van der Waals surface area contributed by atoms with Gasteiger partial charge in [0, 0.05) is 28.4 Å². The molecule has 1 saturated heterocycles.